The van der Waals surface area contributed by atoms with Crippen LogP contribution in [0.1, 0.15) is 67.7 Å². The number of alkyl halides is 3. The van der Waals surface area contributed by atoms with Gasteiger partial charge in [-0.15, -0.1) is 0 Å². The Balaban J connectivity index is 1.23. The van der Waals surface area contributed by atoms with Gasteiger partial charge in [-0.25, -0.2) is 0 Å². The monoisotopic (exact) mass is 664 g/mol. The lowest BCUT2D eigenvalue weighted by Gasteiger charge is -2.19. The van der Waals surface area contributed by atoms with Gasteiger partial charge < -0.3 is 0 Å². The minimum Gasteiger partial charge on any atom is -0.284 e. The van der Waals surface area contributed by atoms with Crippen LogP contribution in [0.5, 0.6) is 0 Å². The van der Waals surface area contributed by atoms with Crippen LogP contribution in [0.4, 0.5) is 13.2 Å². The second kappa shape index (κ2) is 15.4. The molecule has 0 fully saturated rings. The molecule has 0 heterocycles. The third kappa shape index (κ3) is 8.56. The van der Waals surface area contributed by atoms with Gasteiger partial charge in [0.1, 0.15) is 0 Å². The predicted octanol–water partition coefficient (Wildman–Crippen LogP) is 12.1. The van der Waals surface area contributed by atoms with Gasteiger partial charge in [0.2, 0.25) is 0 Å². The van der Waals surface area contributed by atoms with Crippen molar-refractivity contribution in [1.29, 1.82) is 0 Å². The highest BCUT2D eigenvalue weighted by molar-refractivity contribution is 6.00. The van der Waals surface area contributed by atoms with Crippen LogP contribution in [0.3, 0.4) is 0 Å². The number of benzene rings is 6. The second-order valence-electron chi connectivity index (χ2n) is 12.8. The summed E-state index contributed by atoms with van der Waals surface area (Å²) in [5, 5.41) is 0. The summed E-state index contributed by atoms with van der Waals surface area (Å²) in [7, 11) is 0. The van der Waals surface area contributed by atoms with Crippen LogP contribution in [-0.4, -0.2) is 12.0 Å². The highest BCUT2D eigenvalue weighted by Gasteiger charge is 2.39. The Kier molecular flexibility index (Phi) is 10.6. The van der Waals surface area contributed by atoms with E-state index in [2.05, 4.69) is 110 Å². The Hall–Kier alpha value is -5.48. The molecule has 6 aromatic rings. The van der Waals surface area contributed by atoms with Gasteiger partial charge in [-0.2, -0.15) is 13.2 Å². The maximum Gasteiger partial charge on any atom is 0.454 e. The van der Waals surface area contributed by atoms with E-state index in [1.165, 1.54) is 34.4 Å². The van der Waals surface area contributed by atoms with E-state index >= 15 is 0 Å². The van der Waals surface area contributed by atoms with Crippen molar-refractivity contribution in [3.8, 4) is 11.1 Å². The molecular formula is C46H39F3O. The number of ketones is 1. The van der Waals surface area contributed by atoms with Crippen molar-refractivity contribution >= 4 is 17.4 Å². The Bertz CT molecular complexity index is 2040. The van der Waals surface area contributed by atoms with E-state index in [0.717, 1.165) is 51.8 Å². The Morgan fingerprint density at radius 1 is 0.600 bits per heavy atom. The Morgan fingerprint density at radius 3 is 1.70 bits per heavy atom. The summed E-state index contributed by atoms with van der Waals surface area (Å²) in [4.78, 5) is 11.8. The van der Waals surface area contributed by atoms with Crippen LogP contribution in [0.15, 0.2) is 152 Å². The van der Waals surface area contributed by atoms with E-state index in [1.807, 2.05) is 37.3 Å². The first-order valence-electron chi connectivity index (χ1n) is 17.0. The molecule has 0 saturated carbocycles. The predicted molar refractivity (Wildman–Crippen MR) is 199 cm³/mol. The molecule has 0 aliphatic carbocycles. The number of hydrogen-bond donors (Lipinski definition) is 0. The molecule has 0 saturated heterocycles. The smallest absolute Gasteiger partial charge is 0.284 e. The highest BCUT2D eigenvalue weighted by atomic mass is 19.4. The average molecular weight is 665 g/mol. The first-order valence-corrected chi connectivity index (χ1v) is 17.0. The van der Waals surface area contributed by atoms with E-state index in [0.29, 0.717) is 6.42 Å². The van der Waals surface area contributed by atoms with Crippen molar-refractivity contribution in [3.05, 3.63) is 202 Å². The number of rotatable bonds is 11. The molecule has 0 bridgehead atoms. The van der Waals surface area contributed by atoms with E-state index in [9.17, 15) is 18.0 Å². The lowest BCUT2D eigenvalue weighted by Crippen LogP contribution is -2.22. The highest BCUT2D eigenvalue weighted by Crippen LogP contribution is 2.32. The summed E-state index contributed by atoms with van der Waals surface area (Å²) in [6, 6.07) is 50.7. The molecule has 4 heteroatoms. The van der Waals surface area contributed by atoms with E-state index in [-0.39, 0.29) is 11.5 Å². The van der Waals surface area contributed by atoms with Gasteiger partial charge in [0.25, 0.3) is 5.78 Å². The topological polar surface area (TPSA) is 17.1 Å². The molecule has 0 radical (unpaired) electrons. The second-order valence-corrected chi connectivity index (χ2v) is 12.8. The summed E-state index contributed by atoms with van der Waals surface area (Å²) in [6.45, 7) is 4.20. The molecule has 0 aromatic heterocycles. The Morgan fingerprint density at radius 2 is 1.12 bits per heavy atom. The number of carbonyl (C=O) groups is 1. The summed E-state index contributed by atoms with van der Waals surface area (Å²) < 4.78 is 39.1. The fraction of sp³-hybridized carbons (Fsp3) is 0.152. The van der Waals surface area contributed by atoms with Crippen molar-refractivity contribution in [3.63, 3.8) is 0 Å². The largest absolute Gasteiger partial charge is 0.454 e. The van der Waals surface area contributed by atoms with Gasteiger partial charge in [-0.05, 0) is 81.8 Å². The summed E-state index contributed by atoms with van der Waals surface area (Å²) in [6.07, 6.45) is -0.344. The van der Waals surface area contributed by atoms with Crippen LogP contribution in [0.2, 0.25) is 0 Å². The van der Waals surface area contributed by atoms with Crippen molar-refractivity contribution in [2.24, 2.45) is 0 Å². The Labute approximate surface area is 292 Å². The molecule has 6 rings (SSSR count). The van der Waals surface area contributed by atoms with Crippen LogP contribution < -0.4 is 0 Å². The lowest BCUT2D eigenvalue weighted by atomic mass is 9.85. The molecular weight excluding hydrogens is 625 g/mol. The number of hydrogen-bond acceptors (Lipinski definition) is 1. The van der Waals surface area contributed by atoms with Crippen molar-refractivity contribution in [1.82, 2.24) is 0 Å². The van der Waals surface area contributed by atoms with E-state index < -0.39 is 12.0 Å². The molecule has 0 spiro atoms. The van der Waals surface area contributed by atoms with E-state index in [1.54, 1.807) is 12.1 Å². The number of allylic oxidation sites excluding steroid dienone is 1. The lowest BCUT2D eigenvalue weighted by molar-refractivity contribution is -0.0885. The molecule has 50 heavy (non-hydrogen) atoms. The SMILES string of the molecule is CCc1ccc(CC(c2ccccc2)c2ccc(-c3ccc(C/C(=C/c4ccc(C)cc4)c4ccc(C(=O)C(F)(F)F)cc4)cc3)cc2)cc1. The summed E-state index contributed by atoms with van der Waals surface area (Å²) >= 11 is 0. The molecule has 0 aliphatic rings. The normalized spacial score (nSPS) is 12.5. The molecule has 0 aliphatic heterocycles. The minimum absolute atomic E-state index is 0.236. The number of Topliss-reactive ketones (excluding diaryl/α,β-unsaturated/α-hetero) is 1. The van der Waals surface area contributed by atoms with Crippen LogP contribution in [0, 0.1) is 6.92 Å². The maximum atomic E-state index is 13.0. The van der Waals surface area contributed by atoms with E-state index in [4.69, 9.17) is 0 Å². The van der Waals surface area contributed by atoms with Crippen molar-refractivity contribution < 1.29 is 18.0 Å². The first kappa shape index (κ1) is 34.4. The average Bonchev–Trinajstić information content (AvgIpc) is 3.15. The van der Waals surface area contributed by atoms with Gasteiger partial charge in [0.15, 0.2) is 0 Å². The minimum atomic E-state index is -4.91. The van der Waals surface area contributed by atoms with Crippen LogP contribution in [0.25, 0.3) is 22.8 Å². The van der Waals surface area contributed by atoms with Gasteiger partial charge >= 0.3 is 6.18 Å². The third-order valence-corrected chi connectivity index (χ3v) is 9.26. The zero-order chi connectivity index (χ0) is 35.1. The number of carbonyl (C=O) groups excluding carboxylic acids is 1. The van der Waals surface area contributed by atoms with Gasteiger partial charge in [-0.3, -0.25) is 4.79 Å². The molecule has 250 valence electrons. The van der Waals surface area contributed by atoms with Crippen molar-refractivity contribution in [2.75, 3.05) is 0 Å². The summed E-state index contributed by atoms with van der Waals surface area (Å²) in [5.41, 5.74) is 12.0. The van der Waals surface area contributed by atoms with Crippen molar-refractivity contribution in [2.45, 2.75) is 45.2 Å². The first-order chi connectivity index (χ1) is 24.2. The third-order valence-electron chi connectivity index (χ3n) is 9.26. The summed E-state index contributed by atoms with van der Waals surface area (Å²) in [5.74, 6) is -1.60. The van der Waals surface area contributed by atoms with Gasteiger partial charge in [0.05, 0.1) is 0 Å². The standard InChI is InChI=1S/C46H39F3O/c1-3-33-13-15-36(16-14-33)31-44(40-7-5-4-6-8-40)41-25-21-38(22-26-41)37-19-17-35(18-20-37)30-43(29-34-11-9-32(2)10-12-34)39-23-27-42(28-24-39)45(50)46(47,48)49/h4-29,44H,3,30-31H2,1-2H3/b43-29-. The quantitative estimate of drug-likeness (QED) is 0.0995. The fourth-order valence-electron chi connectivity index (χ4n) is 6.30. The van der Waals surface area contributed by atoms with Crippen LogP contribution in [-0.2, 0) is 19.3 Å². The molecule has 0 amide bonds. The zero-order valence-electron chi connectivity index (χ0n) is 28.3. The molecule has 6 aromatic carbocycles. The molecule has 1 nitrogen and oxygen atoms in total. The van der Waals surface area contributed by atoms with Crippen LogP contribution >= 0.6 is 0 Å². The molecule has 1 atom stereocenters. The number of halogens is 3. The van der Waals surface area contributed by atoms with Gasteiger partial charge in [-0.1, -0.05) is 170 Å². The zero-order valence-corrected chi connectivity index (χ0v) is 28.3. The number of aryl methyl sites for hydroxylation is 2. The molecule has 1 unspecified atom stereocenters. The molecule has 0 N–H and O–H groups in total. The van der Waals surface area contributed by atoms with Gasteiger partial charge in [0, 0.05) is 11.5 Å². The maximum absolute atomic E-state index is 13.0. The fourth-order valence-corrected chi connectivity index (χ4v) is 6.30.